The molecule has 3 heteroatoms. The van der Waals surface area contributed by atoms with Crippen LogP contribution < -0.4 is 5.32 Å². The van der Waals surface area contributed by atoms with E-state index >= 15 is 0 Å². The number of hydrogen-bond donors (Lipinski definition) is 1. The fourth-order valence-electron chi connectivity index (χ4n) is 1.22. The fraction of sp³-hybridized carbons (Fsp3) is 0.857. The van der Waals surface area contributed by atoms with E-state index in [1.807, 2.05) is 13.8 Å². The number of ether oxygens (including phenoxy) is 1. The van der Waals surface area contributed by atoms with Crippen molar-refractivity contribution in [3.05, 3.63) is 0 Å². The maximum absolute atomic E-state index is 10.6. The van der Waals surface area contributed by atoms with Gasteiger partial charge in [0.2, 0.25) is 0 Å². The molecule has 58 valence electrons. The van der Waals surface area contributed by atoms with Crippen LogP contribution in [0.1, 0.15) is 20.3 Å². The molecular formula is C7H13NO2. The minimum atomic E-state index is -0.0683. The average molecular weight is 143 g/mol. The molecule has 2 fully saturated rings. The summed E-state index contributed by atoms with van der Waals surface area (Å²) in [6.07, 6.45) is 1.08. The number of esters is 1. The first-order valence-electron chi connectivity index (χ1n) is 3.80. The minimum absolute atomic E-state index is 0.0278. The molecule has 0 amide bonds. The molecule has 0 saturated carbocycles. The molecule has 0 spiro atoms. The summed E-state index contributed by atoms with van der Waals surface area (Å²) in [6, 6.07) is 0.0278. The molecular weight excluding hydrogens is 130 g/mol. The standard InChI is InChI=1S/C5H7NO2.C2H6/c7-5-4-1-3(8-5)2-6-4;1-2/h3-4,6H,1-2H2;1-2H3/t3?,4-;/m1./s1. The second-order valence-corrected chi connectivity index (χ2v) is 2.26. The fourth-order valence-corrected chi connectivity index (χ4v) is 1.22. The summed E-state index contributed by atoms with van der Waals surface area (Å²) >= 11 is 0. The van der Waals surface area contributed by atoms with Gasteiger partial charge in [0.15, 0.2) is 0 Å². The Morgan fingerprint density at radius 1 is 1.60 bits per heavy atom. The van der Waals surface area contributed by atoms with Gasteiger partial charge in [0.1, 0.15) is 12.1 Å². The van der Waals surface area contributed by atoms with Crippen LogP contribution in [0, 0.1) is 0 Å². The molecule has 1 unspecified atom stereocenters. The number of rotatable bonds is 0. The third kappa shape index (κ3) is 1.14. The molecule has 0 aromatic heterocycles. The van der Waals surface area contributed by atoms with Crippen LogP contribution in [0.25, 0.3) is 0 Å². The molecule has 2 rings (SSSR count). The number of morpholine rings is 1. The molecule has 1 N–H and O–H groups in total. The van der Waals surface area contributed by atoms with Gasteiger partial charge in [-0.3, -0.25) is 4.79 Å². The van der Waals surface area contributed by atoms with Crippen LogP contribution in [0.4, 0.5) is 0 Å². The molecule has 0 aromatic carbocycles. The van der Waals surface area contributed by atoms with Gasteiger partial charge in [0.25, 0.3) is 0 Å². The smallest absolute Gasteiger partial charge is 0.323 e. The number of carbonyl (C=O) groups is 1. The molecule has 0 aromatic rings. The highest BCUT2D eigenvalue weighted by atomic mass is 16.6. The molecule has 2 saturated heterocycles. The van der Waals surface area contributed by atoms with Gasteiger partial charge in [-0.15, -0.1) is 0 Å². The second kappa shape index (κ2) is 3.01. The quantitative estimate of drug-likeness (QED) is 0.496. The van der Waals surface area contributed by atoms with Gasteiger partial charge in [-0.2, -0.15) is 0 Å². The highest BCUT2D eigenvalue weighted by Crippen LogP contribution is 2.19. The van der Waals surface area contributed by atoms with Crippen molar-refractivity contribution >= 4 is 5.97 Å². The largest absolute Gasteiger partial charge is 0.460 e. The Bertz CT molecular complexity index is 136. The van der Waals surface area contributed by atoms with Crippen molar-refractivity contribution in [2.75, 3.05) is 6.54 Å². The first-order chi connectivity index (χ1) is 4.86. The average Bonchev–Trinajstić information content (AvgIpc) is 2.52. The minimum Gasteiger partial charge on any atom is -0.460 e. The Labute approximate surface area is 60.7 Å². The number of nitrogens with one attached hydrogen (secondary N) is 1. The Morgan fingerprint density at radius 2 is 2.30 bits per heavy atom. The summed E-state index contributed by atoms with van der Waals surface area (Å²) in [4.78, 5) is 10.6. The Kier molecular flexibility index (Phi) is 2.27. The van der Waals surface area contributed by atoms with Crippen LogP contribution in [-0.2, 0) is 9.53 Å². The van der Waals surface area contributed by atoms with Gasteiger partial charge in [-0.25, -0.2) is 0 Å². The highest BCUT2D eigenvalue weighted by molar-refractivity contribution is 5.79. The van der Waals surface area contributed by atoms with Crippen molar-refractivity contribution in [1.82, 2.24) is 5.32 Å². The zero-order valence-electron chi connectivity index (χ0n) is 6.39. The predicted octanol–water partition coefficient (Wildman–Crippen LogP) is 0.300. The molecule has 3 nitrogen and oxygen atoms in total. The topological polar surface area (TPSA) is 38.3 Å². The van der Waals surface area contributed by atoms with Crippen molar-refractivity contribution in [2.45, 2.75) is 32.4 Å². The third-order valence-corrected chi connectivity index (χ3v) is 1.66. The summed E-state index contributed by atoms with van der Waals surface area (Å²) in [5.41, 5.74) is 0. The van der Waals surface area contributed by atoms with Gasteiger partial charge >= 0.3 is 5.97 Å². The molecule has 2 atom stereocenters. The van der Waals surface area contributed by atoms with Crippen LogP contribution in [-0.4, -0.2) is 24.7 Å². The summed E-state index contributed by atoms with van der Waals surface area (Å²) in [7, 11) is 0. The molecule has 2 heterocycles. The van der Waals surface area contributed by atoms with Crippen LogP contribution in [0.5, 0.6) is 0 Å². The highest BCUT2D eigenvalue weighted by Gasteiger charge is 2.39. The first kappa shape index (κ1) is 7.54. The van der Waals surface area contributed by atoms with E-state index in [4.69, 9.17) is 4.74 Å². The lowest BCUT2D eigenvalue weighted by Gasteiger charge is -2.09. The molecule has 2 aliphatic rings. The van der Waals surface area contributed by atoms with E-state index in [9.17, 15) is 4.79 Å². The van der Waals surface area contributed by atoms with Crippen molar-refractivity contribution < 1.29 is 9.53 Å². The van der Waals surface area contributed by atoms with Crippen molar-refractivity contribution in [3.63, 3.8) is 0 Å². The van der Waals surface area contributed by atoms with E-state index in [2.05, 4.69) is 5.32 Å². The second-order valence-electron chi connectivity index (χ2n) is 2.26. The third-order valence-electron chi connectivity index (χ3n) is 1.66. The monoisotopic (exact) mass is 143 g/mol. The molecule has 10 heavy (non-hydrogen) atoms. The van der Waals surface area contributed by atoms with E-state index < -0.39 is 0 Å². The SMILES string of the molecule is CC.O=C1OC2CN[C@@H]1C2. The van der Waals surface area contributed by atoms with E-state index in [0.29, 0.717) is 0 Å². The van der Waals surface area contributed by atoms with Crippen molar-refractivity contribution in [1.29, 1.82) is 0 Å². The predicted molar refractivity (Wildman–Crippen MR) is 37.6 cm³/mol. The Balaban J connectivity index is 0.000000231. The van der Waals surface area contributed by atoms with Crippen molar-refractivity contribution in [2.24, 2.45) is 0 Å². The number of fused-ring (bicyclic) bond motifs is 2. The normalized spacial score (nSPS) is 34.8. The van der Waals surface area contributed by atoms with Gasteiger partial charge in [-0.05, 0) is 0 Å². The summed E-state index contributed by atoms with van der Waals surface area (Å²) < 4.78 is 4.86. The van der Waals surface area contributed by atoms with Gasteiger partial charge in [-0.1, -0.05) is 13.8 Å². The van der Waals surface area contributed by atoms with Gasteiger partial charge in [0.05, 0.1) is 0 Å². The van der Waals surface area contributed by atoms with E-state index in [0.717, 1.165) is 13.0 Å². The zero-order chi connectivity index (χ0) is 7.56. The summed E-state index contributed by atoms with van der Waals surface area (Å²) in [5.74, 6) is -0.0683. The maximum Gasteiger partial charge on any atom is 0.323 e. The Morgan fingerprint density at radius 3 is 2.50 bits per heavy atom. The maximum atomic E-state index is 10.6. The van der Waals surface area contributed by atoms with E-state index in [-0.39, 0.29) is 18.1 Å². The number of hydrogen-bond acceptors (Lipinski definition) is 3. The lowest BCUT2D eigenvalue weighted by molar-refractivity contribution is -0.145. The van der Waals surface area contributed by atoms with Crippen molar-refractivity contribution in [3.8, 4) is 0 Å². The van der Waals surface area contributed by atoms with Gasteiger partial charge < -0.3 is 10.1 Å². The summed E-state index contributed by atoms with van der Waals surface area (Å²) in [6.45, 7) is 4.86. The van der Waals surface area contributed by atoms with Crippen LogP contribution in [0.3, 0.4) is 0 Å². The van der Waals surface area contributed by atoms with E-state index in [1.165, 1.54) is 0 Å². The van der Waals surface area contributed by atoms with Crippen LogP contribution >= 0.6 is 0 Å². The first-order valence-corrected chi connectivity index (χ1v) is 3.80. The summed E-state index contributed by atoms with van der Waals surface area (Å²) in [5, 5.41) is 3.03. The lowest BCUT2D eigenvalue weighted by atomic mass is 10.2. The van der Waals surface area contributed by atoms with Crippen LogP contribution in [0.2, 0.25) is 0 Å². The molecule has 2 aliphatic heterocycles. The Hall–Kier alpha value is -0.570. The van der Waals surface area contributed by atoms with Crippen LogP contribution in [0.15, 0.2) is 0 Å². The molecule has 0 aliphatic carbocycles. The van der Waals surface area contributed by atoms with Gasteiger partial charge in [0, 0.05) is 13.0 Å². The van der Waals surface area contributed by atoms with E-state index in [1.54, 1.807) is 0 Å². The number of carbonyl (C=O) groups excluding carboxylic acids is 1. The molecule has 2 bridgehead atoms. The lowest BCUT2D eigenvalue weighted by Crippen LogP contribution is -2.35. The molecule has 0 radical (unpaired) electrons. The zero-order valence-corrected chi connectivity index (χ0v) is 6.39.